The molecule has 3 aromatic heterocycles. The lowest BCUT2D eigenvalue weighted by molar-refractivity contribution is -0.141. The third kappa shape index (κ3) is 9.13. The van der Waals surface area contributed by atoms with E-state index in [1.54, 1.807) is 13.3 Å². The van der Waals surface area contributed by atoms with E-state index < -0.39 is 68.3 Å². The second-order valence-corrected chi connectivity index (χ2v) is 18.7. The lowest BCUT2D eigenvalue weighted by Crippen LogP contribution is -2.58. The number of alkyl carbamates (subject to hydrolysis) is 1. The summed E-state index contributed by atoms with van der Waals surface area (Å²) in [4.78, 5) is 67.7. The van der Waals surface area contributed by atoms with Crippen LogP contribution in [0, 0.1) is 5.92 Å². The van der Waals surface area contributed by atoms with Crippen molar-refractivity contribution < 1.29 is 37.1 Å². The van der Waals surface area contributed by atoms with Crippen LogP contribution in [0.15, 0.2) is 71.3 Å². The number of hydrogen-bond donors (Lipinski definition) is 3. The predicted octanol–water partition coefficient (Wildman–Crippen LogP) is 5.21. The Labute approximate surface area is 361 Å². The topological polar surface area (TPSA) is 217 Å². The van der Waals surface area contributed by atoms with Crippen LogP contribution >= 0.6 is 22.9 Å². The molecule has 5 heterocycles. The molecule has 0 unspecified atom stereocenters. The summed E-state index contributed by atoms with van der Waals surface area (Å²) in [7, 11) is -2.92. The van der Waals surface area contributed by atoms with Crippen LogP contribution in [0.2, 0.25) is 5.02 Å². The third-order valence-corrected chi connectivity index (χ3v) is 14.3. The van der Waals surface area contributed by atoms with Crippen molar-refractivity contribution in [3.8, 4) is 27.7 Å². The quantitative estimate of drug-likeness (QED) is 0.185. The van der Waals surface area contributed by atoms with Gasteiger partial charge in [0.15, 0.2) is 0 Å². The van der Waals surface area contributed by atoms with E-state index in [2.05, 4.69) is 25.3 Å². The van der Waals surface area contributed by atoms with Crippen LogP contribution in [0.4, 0.5) is 4.79 Å². The first-order valence-electron chi connectivity index (χ1n) is 20.4. The number of methoxy groups -OCH3 is 1. The number of nitrogens with one attached hydrogen (secondary N) is 3. The third-order valence-electron chi connectivity index (χ3n) is 11.7. The van der Waals surface area contributed by atoms with Crippen LogP contribution in [0.25, 0.3) is 22.0 Å². The first-order chi connectivity index (χ1) is 29.5. The lowest BCUT2D eigenvalue weighted by atomic mass is 10.0. The highest BCUT2D eigenvalue weighted by Gasteiger charge is 2.62. The van der Waals surface area contributed by atoms with Crippen molar-refractivity contribution in [2.24, 2.45) is 5.92 Å². The Morgan fingerprint density at radius 3 is 2.51 bits per heavy atom. The van der Waals surface area contributed by atoms with Crippen LogP contribution in [0.5, 0.6) is 5.75 Å². The molecular formula is C41H46ClN9O8S2. The highest BCUT2D eigenvalue weighted by Crippen LogP contribution is 2.46. The minimum Gasteiger partial charge on any atom is -0.497 e. The molecule has 17 nitrogen and oxygen atoms in total. The van der Waals surface area contributed by atoms with E-state index in [9.17, 15) is 27.6 Å². The molecule has 2 saturated carbocycles. The predicted molar refractivity (Wildman–Crippen MR) is 224 cm³/mol. The molecule has 322 valence electrons. The molecule has 0 spiro atoms. The second kappa shape index (κ2) is 17.9. The number of thiazole rings is 1. The van der Waals surface area contributed by atoms with Crippen molar-refractivity contribution in [2.75, 3.05) is 13.7 Å². The molecule has 1 aromatic carbocycles. The van der Waals surface area contributed by atoms with Gasteiger partial charge in [-0.3, -0.25) is 19.4 Å². The molecule has 1 saturated heterocycles. The second-order valence-electron chi connectivity index (χ2n) is 15.8. The largest absolute Gasteiger partial charge is 0.497 e. The number of fused-ring (bicyclic) bond motifs is 2. The van der Waals surface area contributed by atoms with Gasteiger partial charge in [0.05, 0.1) is 18.2 Å². The summed E-state index contributed by atoms with van der Waals surface area (Å²) in [5.74, 6) is -2.01. The first kappa shape index (κ1) is 42.3. The van der Waals surface area contributed by atoms with E-state index in [1.165, 1.54) is 33.3 Å². The number of aromatic nitrogens is 5. The van der Waals surface area contributed by atoms with Crippen LogP contribution in [0.1, 0.15) is 76.7 Å². The molecule has 61 heavy (non-hydrogen) atoms. The number of amides is 4. The fourth-order valence-electron chi connectivity index (χ4n) is 8.34. The maximum absolute atomic E-state index is 14.8. The van der Waals surface area contributed by atoms with E-state index in [-0.39, 0.29) is 30.5 Å². The molecule has 3 N–H and O–H groups in total. The summed E-state index contributed by atoms with van der Waals surface area (Å²) >= 11 is 7.56. The number of allylic oxidation sites excluding steroid dienone is 1. The van der Waals surface area contributed by atoms with Gasteiger partial charge in [0.2, 0.25) is 11.8 Å². The zero-order chi connectivity index (χ0) is 42.7. The Hall–Kier alpha value is -5.40. The van der Waals surface area contributed by atoms with Gasteiger partial charge in [-0.2, -0.15) is 9.90 Å². The van der Waals surface area contributed by atoms with Gasteiger partial charge in [-0.25, -0.2) is 22.9 Å². The van der Waals surface area contributed by atoms with Crippen LogP contribution < -0.4 is 20.1 Å². The van der Waals surface area contributed by atoms with E-state index >= 15 is 0 Å². The number of rotatable bonds is 9. The molecule has 4 aromatic rings. The molecule has 4 amide bonds. The van der Waals surface area contributed by atoms with Crippen LogP contribution in [-0.2, 0) is 29.1 Å². The van der Waals surface area contributed by atoms with Crippen molar-refractivity contribution in [2.45, 2.75) is 105 Å². The van der Waals surface area contributed by atoms with Gasteiger partial charge < -0.3 is 25.0 Å². The van der Waals surface area contributed by atoms with E-state index in [0.717, 1.165) is 50.3 Å². The number of halogens is 1. The Kier molecular flexibility index (Phi) is 12.4. The van der Waals surface area contributed by atoms with Crippen molar-refractivity contribution >= 4 is 56.8 Å². The summed E-state index contributed by atoms with van der Waals surface area (Å²) in [6.45, 7) is -0.0166. The lowest BCUT2D eigenvalue weighted by Gasteiger charge is -2.30. The van der Waals surface area contributed by atoms with Gasteiger partial charge in [-0.1, -0.05) is 36.6 Å². The summed E-state index contributed by atoms with van der Waals surface area (Å²) < 4.78 is 40.1. The van der Waals surface area contributed by atoms with Crippen molar-refractivity contribution in [1.82, 2.24) is 45.2 Å². The molecule has 20 heteroatoms. The highest BCUT2D eigenvalue weighted by molar-refractivity contribution is 7.90. The van der Waals surface area contributed by atoms with Gasteiger partial charge in [0, 0.05) is 48.4 Å². The number of benzene rings is 1. The molecule has 0 radical (unpaired) electrons. The van der Waals surface area contributed by atoms with Crippen LogP contribution in [0.3, 0.4) is 0 Å². The standard InChI is InChI=1S/C41H46ClN9O8S2/c1-58-28-15-13-25(14-16-28)34-35(37-44-19-20-60-37)48-51(47-34)27-21-32-36(52)46-41(39(54)49-61(56,57)33-23-43-18-17-30(33)42)22-26(41)9-5-3-2-4-6-12-31(38(53)50(32)24-27)45-40(55)59-29-10-7-8-11-29/h5,9,13-20,23,26-27,29,31-32H,2-4,6-8,10-12,21-22,24H2,1H3,(H,45,55)(H,46,52)(H,49,54)/b9-5+/t26-,27-,31-,32+,41-/m1/s1. The smallest absolute Gasteiger partial charge is 0.408 e. The summed E-state index contributed by atoms with van der Waals surface area (Å²) in [5.41, 5.74) is 0.124. The monoisotopic (exact) mass is 891 g/mol. The summed E-state index contributed by atoms with van der Waals surface area (Å²) in [5, 5.41) is 17.8. The Morgan fingerprint density at radius 2 is 1.77 bits per heavy atom. The molecule has 8 rings (SSSR count). The van der Waals surface area contributed by atoms with E-state index in [1.807, 2.05) is 41.8 Å². The Bertz CT molecular complexity index is 2410. The molecule has 2 aliphatic carbocycles. The van der Waals surface area contributed by atoms with Crippen molar-refractivity contribution in [3.63, 3.8) is 0 Å². The normalized spacial score (nSPS) is 25.3. The Morgan fingerprint density at radius 1 is 1.00 bits per heavy atom. The molecular weight excluding hydrogens is 846 g/mol. The average molecular weight is 892 g/mol. The van der Waals surface area contributed by atoms with Gasteiger partial charge >= 0.3 is 6.09 Å². The number of hydrogen-bond acceptors (Lipinski definition) is 13. The zero-order valence-corrected chi connectivity index (χ0v) is 35.8. The minimum atomic E-state index is -4.50. The minimum absolute atomic E-state index is 0.0166. The number of pyridine rings is 1. The SMILES string of the molecule is COc1ccc(-c2nn([C@@H]3C[C@H]4C(=O)N[C@]5(C(=O)NS(=O)(=O)c6cnccc6Cl)C[C@H]5/C=C/CCCCC[C@@H](NC(=O)OC5CCCC5)C(=O)N4C3)nc2-c2nccs2)cc1. The summed E-state index contributed by atoms with van der Waals surface area (Å²) in [6.07, 6.45) is 13.4. The number of carbonyl (C=O) groups is 4. The Balaban J connectivity index is 1.13. The van der Waals surface area contributed by atoms with Crippen LogP contribution in [-0.4, -0.2) is 99.5 Å². The maximum atomic E-state index is 14.8. The fraction of sp³-hybridized carbons (Fsp3) is 0.463. The number of ether oxygens (including phenoxy) is 2. The van der Waals surface area contributed by atoms with E-state index in [4.69, 9.17) is 31.3 Å². The fourth-order valence-corrected chi connectivity index (χ4v) is 10.4. The van der Waals surface area contributed by atoms with Crippen molar-refractivity contribution in [1.29, 1.82) is 0 Å². The van der Waals surface area contributed by atoms with Gasteiger partial charge in [0.1, 0.15) is 50.8 Å². The zero-order valence-electron chi connectivity index (χ0n) is 33.4. The number of nitrogens with zero attached hydrogens (tertiary/aromatic N) is 6. The number of carbonyl (C=O) groups excluding carboxylic acids is 4. The van der Waals surface area contributed by atoms with E-state index in [0.29, 0.717) is 41.4 Å². The molecule has 3 fully saturated rings. The van der Waals surface area contributed by atoms with Crippen molar-refractivity contribution in [3.05, 3.63) is 71.5 Å². The maximum Gasteiger partial charge on any atom is 0.408 e. The number of sulfonamides is 1. The molecule has 5 atom stereocenters. The molecule has 4 aliphatic rings. The molecule has 0 bridgehead atoms. The highest BCUT2D eigenvalue weighted by atomic mass is 35.5. The van der Waals surface area contributed by atoms with Gasteiger partial charge in [0.25, 0.3) is 15.9 Å². The molecule has 2 aliphatic heterocycles. The van der Waals surface area contributed by atoms with Gasteiger partial charge in [-0.05, 0) is 81.7 Å². The summed E-state index contributed by atoms with van der Waals surface area (Å²) in [6, 6.07) is 5.80. The first-order valence-corrected chi connectivity index (χ1v) is 23.1. The average Bonchev–Trinajstić information content (AvgIpc) is 3.90. The van der Waals surface area contributed by atoms with Gasteiger partial charge in [-0.15, -0.1) is 16.4 Å².